The van der Waals surface area contributed by atoms with Crippen LogP contribution in [0, 0.1) is 5.82 Å². The second kappa shape index (κ2) is 6.77. The zero-order chi connectivity index (χ0) is 13.7. The molecule has 0 atom stereocenters. The molecule has 1 aromatic carbocycles. The van der Waals surface area contributed by atoms with Crippen molar-refractivity contribution in [3.63, 3.8) is 0 Å². The van der Waals surface area contributed by atoms with Crippen LogP contribution in [0.25, 0.3) is 0 Å². The van der Waals surface area contributed by atoms with Crippen LogP contribution in [-0.2, 0) is 9.53 Å². The largest absolute Gasteiger partial charge is 0.465 e. The fourth-order valence-electron chi connectivity index (χ4n) is 1.85. The minimum Gasteiger partial charge on any atom is -0.465 e. The fraction of sp³-hybridized carbons (Fsp3) is 0.462. The number of benzene rings is 1. The molecule has 1 aromatic rings. The van der Waals surface area contributed by atoms with Crippen molar-refractivity contribution in [3.8, 4) is 0 Å². The first-order valence-corrected chi connectivity index (χ1v) is 7.04. The van der Waals surface area contributed by atoms with Crippen molar-refractivity contribution in [2.24, 2.45) is 0 Å². The third-order valence-corrected chi connectivity index (χ3v) is 3.84. The van der Waals surface area contributed by atoms with Gasteiger partial charge in [-0.05, 0) is 37.6 Å². The average Bonchev–Trinajstić information content (AvgIpc) is 2.40. The summed E-state index contributed by atoms with van der Waals surface area (Å²) in [7, 11) is 0. The number of nitrogens with zero attached hydrogens (tertiary/aromatic N) is 2. The molecule has 4 nitrogen and oxygen atoms in total. The molecule has 6 heteroatoms. The Labute approximate surface area is 116 Å². The van der Waals surface area contributed by atoms with E-state index >= 15 is 0 Å². The van der Waals surface area contributed by atoms with Crippen LogP contribution in [0.1, 0.15) is 13.3 Å². The summed E-state index contributed by atoms with van der Waals surface area (Å²) in [5, 5.41) is 0. The molecule has 1 saturated heterocycles. The Balaban J connectivity index is 1.93. The van der Waals surface area contributed by atoms with Gasteiger partial charge in [-0.15, -0.1) is 0 Å². The van der Waals surface area contributed by atoms with Gasteiger partial charge in [-0.25, -0.2) is 8.70 Å². The van der Waals surface area contributed by atoms with Crippen molar-refractivity contribution < 1.29 is 13.9 Å². The van der Waals surface area contributed by atoms with E-state index in [1.807, 2.05) is 4.31 Å². The molecule has 1 heterocycles. The van der Waals surface area contributed by atoms with E-state index in [-0.39, 0.29) is 18.3 Å². The van der Waals surface area contributed by atoms with Crippen molar-refractivity contribution in [2.75, 3.05) is 30.5 Å². The number of hydrogen-bond donors (Lipinski definition) is 0. The summed E-state index contributed by atoms with van der Waals surface area (Å²) in [4.78, 5) is 11.5. The molecule has 0 aliphatic carbocycles. The summed E-state index contributed by atoms with van der Waals surface area (Å²) in [5.74, 6) is -0.454. The summed E-state index contributed by atoms with van der Waals surface area (Å²) in [5.41, 5.74) is 0.944. The predicted molar refractivity (Wildman–Crippen MR) is 74.2 cm³/mol. The van der Waals surface area contributed by atoms with E-state index in [4.69, 9.17) is 4.74 Å². The number of halogens is 1. The molecule has 2 rings (SSSR count). The van der Waals surface area contributed by atoms with E-state index in [1.54, 1.807) is 19.1 Å². The summed E-state index contributed by atoms with van der Waals surface area (Å²) in [6.07, 6.45) is 0.962. The van der Waals surface area contributed by atoms with Crippen LogP contribution >= 0.6 is 12.1 Å². The molecular weight excluding hydrogens is 267 g/mol. The van der Waals surface area contributed by atoms with Crippen molar-refractivity contribution in [1.29, 1.82) is 0 Å². The molecule has 0 unspecified atom stereocenters. The molecule has 19 heavy (non-hydrogen) atoms. The average molecular weight is 284 g/mol. The maximum Gasteiger partial charge on any atom is 0.321 e. The molecule has 0 spiro atoms. The van der Waals surface area contributed by atoms with Gasteiger partial charge >= 0.3 is 5.97 Å². The van der Waals surface area contributed by atoms with Crippen LogP contribution in [-0.4, -0.2) is 36.5 Å². The lowest BCUT2D eigenvalue weighted by Gasteiger charge is -2.34. The first kappa shape index (κ1) is 14.1. The van der Waals surface area contributed by atoms with Gasteiger partial charge in [-0.2, -0.15) is 0 Å². The van der Waals surface area contributed by atoms with Crippen LogP contribution in [0.15, 0.2) is 24.3 Å². The molecule has 1 aliphatic heterocycles. The molecule has 1 aliphatic rings. The smallest absolute Gasteiger partial charge is 0.321 e. The van der Waals surface area contributed by atoms with E-state index in [2.05, 4.69) is 4.31 Å². The Kier molecular flexibility index (Phi) is 5.04. The molecule has 104 valence electrons. The number of hydrogen-bond acceptors (Lipinski definition) is 5. The third-order valence-electron chi connectivity index (χ3n) is 2.71. The monoisotopic (exact) mass is 284 g/mol. The Hall–Kier alpha value is -1.27. The van der Waals surface area contributed by atoms with Gasteiger partial charge in [-0.1, -0.05) is 0 Å². The number of esters is 1. The Morgan fingerprint density at radius 3 is 2.79 bits per heavy atom. The normalized spacial score (nSPS) is 16.4. The number of rotatable bonds is 4. The maximum absolute atomic E-state index is 12.9. The van der Waals surface area contributed by atoms with E-state index < -0.39 is 0 Å². The maximum atomic E-state index is 12.9. The molecule has 0 amide bonds. The third kappa shape index (κ3) is 4.11. The summed E-state index contributed by atoms with van der Waals surface area (Å²) in [6, 6.07) is 6.38. The van der Waals surface area contributed by atoms with Crippen LogP contribution in [0.2, 0.25) is 0 Å². The second-order valence-electron chi connectivity index (χ2n) is 4.18. The molecule has 0 saturated carbocycles. The Morgan fingerprint density at radius 1 is 1.37 bits per heavy atom. The van der Waals surface area contributed by atoms with Crippen LogP contribution in [0.4, 0.5) is 10.1 Å². The molecule has 1 fully saturated rings. The van der Waals surface area contributed by atoms with Gasteiger partial charge in [0, 0.05) is 30.9 Å². The van der Waals surface area contributed by atoms with E-state index in [1.165, 1.54) is 24.3 Å². The van der Waals surface area contributed by atoms with Gasteiger partial charge in [0.25, 0.3) is 0 Å². The fourth-order valence-corrected chi connectivity index (χ4v) is 2.93. The summed E-state index contributed by atoms with van der Waals surface area (Å²) < 4.78 is 21.9. The number of anilines is 1. The molecule has 0 aromatic heterocycles. The van der Waals surface area contributed by atoms with E-state index in [9.17, 15) is 9.18 Å². The quantitative estimate of drug-likeness (QED) is 0.626. The van der Waals surface area contributed by atoms with E-state index in [0.717, 1.165) is 25.2 Å². The zero-order valence-corrected chi connectivity index (χ0v) is 11.7. The van der Waals surface area contributed by atoms with Crippen molar-refractivity contribution in [2.45, 2.75) is 13.3 Å². The van der Waals surface area contributed by atoms with Crippen molar-refractivity contribution in [3.05, 3.63) is 30.1 Å². The van der Waals surface area contributed by atoms with Gasteiger partial charge in [0.1, 0.15) is 12.4 Å². The van der Waals surface area contributed by atoms with Gasteiger partial charge in [0.15, 0.2) is 0 Å². The van der Waals surface area contributed by atoms with Gasteiger partial charge in [0.2, 0.25) is 0 Å². The van der Waals surface area contributed by atoms with E-state index in [0.29, 0.717) is 6.61 Å². The number of carbonyl (C=O) groups excluding carboxylic acids is 1. The Bertz CT molecular complexity index is 427. The molecule has 0 radical (unpaired) electrons. The number of ether oxygens (including phenoxy) is 1. The highest BCUT2D eigenvalue weighted by atomic mass is 32.2. The topological polar surface area (TPSA) is 32.8 Å². The predicted octanol–water partition coefficient (Wildman–Crippen LogP) is 2.46. The highest BCUT2D eigenvalue weighted by Crippen LogP contribution is 2.29. The lowest BCUT2D eigenvalue weighted by molar-refractivity contribution is -0.143. The Morgan fingerprint density at radius 2 is 2.11 bits per heavy atom. The van der Waals surface area contributed by atoms with Crippen LogP contribution in [0.5, 0.6) is 0 Å². The lowest BCUT2D eigenvalue weighted by Crippen LogP contribution is -2.37. The van der Waals surface area contributed by atoms with Crippen LogP contribution in [0.3, 0.4) is 0 Å². The summed E-state index contributed by atoms with van der Waals surface area (Å²) in [6.45, 7) is 4.21. The summed E-state index contributed by atoms with van der Waals surface area (Å²) >= 11 is 1.49. The first-order valence-electron chi connectivity index (χ1n) is 6.31. The van der Waals surface area contributed by atoms with Gasteiger partial charge in [0.05, 0.1) is 6.61 Å². The zero-order valence-electron chi connectivity index (χ0n) is 10.8. The van der Waals surface area contributed by atoms with Crippen LogP contribution < -0.4 is 4.31 Å². The van der Waals surface area contributed by atoms with Crippen molar-refractivity contribution >= 4 is 23.8 Å². The van der Waals surface area contributed by atoms with Gasteiger partial charge < -0.3 is 9.04 Å². The molecule has 0 N–H and O–H groups in total. The molecule has 0 bridgehead atoms. The SMILES string of the molecule is CCOC(=O)CN1CCCN(c2ccc(F)cc2)S1. The highest BCUT2D eigenvalue weighted by molar-refractivity contribution is 7.98. The minimum absolute atomic E-state index is 0.212. The second-order valence-corrected chi connectivity index (χ2v) is 5.30. The van der Waals surface area contributed by atoms with Crippen molar-refractivity contribution in [1.82, 2.24) is 4.31 Å². The highest BCUT2D eigenvalue weighted by Gasteiger charge is 2.21. The van der Waals surface area contributed by atoms with Gasteiger partial charge in [-0.3, -0.25) is 4.79 Å². The number of carbonyl (C=O) groups is 1. The first-order chi connectivity index (χ1) is 9.19. The standard InChI is InChI=1S/C13H17FN2O2S/c1-2-18-13(17)10-15-8-3-9-16(19-15)12-6-4-11(14)5-7-12/h4-7H,2-3,8-10H2,1H3. The lowest BCUT2D eigenvalue weighted by atomic mass is 10.3. The molecular formula is C13H17FN2O2S. The minimum atomic E-state index is -0.242.